The van der Waals surface area contributed by atoms with Crippen molar-refractivity contribution in [2.75, 3.05) is 20.1 Å². The molecule has 1 saturated heterocycles. The van der Waals surface area contributed by atoms with Crippen LogP contribution in [0.15, 0.2) is 18.5 Å². The number of piperidine rings is 1. The Morgan fingerprint density at radius 1 is 1.35 bits per heavy atom. The van der Waals surface area contributed by atoms with Gasteiger partial charge in [-0.1, -0.05) is 6.92 Å². The molecule has 0 unspecified atom stereocenters. The highest BCUT2D eigenvalue weighted by Gasteiger charge is 2.30. The SMILES string of the molecule is CN1CCC(C)(Cn2c(CCl)nc3cnccc32)CC1. The Balaban J connectivity index is 1.93. The third-order valence-electron chi connectivity index (χ3n) is 4.48. The second-order valence-electron chi connectivity index (χ2n) is 6.23. The minimum absolute atomic E-state index is 0.324. The number of likely N-dealkylation sites (tertiary alicyclic amines) is 1. The van der Waals surface area contributed by atoms with Crippen LogP contribution >= 0.6 is 11.6 Å². The van der Waals surface area contributed by atoms with E-state index in [1.165, 1.54) is 25.9 Å². The van der Waals surface area contributed by atoms with E-state index in [2.05, 4.69) is 33.4 Å². The van der Waals surface area contributed by atoms with Gasteiger partial charge in [-0.05, 0) is 44.5 Å². The molecule has 0 aromatic carbocycles. The molecule has 0 aliphatic carbocycles. The van der Waals surface area contributed by atoms with Crippen molar-refractivity contribution in [3.05, 3.63) is 24.3 Å². The van der Waals surface area contributed by atoms with Gasteiger partial charge >= 0.3 is 0 Å². The first-order chi connectivity index (χ1) is 9.61. The first-order valence-electron chi connectivity index (χ1n) is 7.15. The maximum absolute atomic E-state index is 6.08. The van der Waals surface area contributed by atoms with Gasteiger partial charge in [-0.3, -0.25) is 4.98 Å². The number of fused-ring (bicyclic) bond motifs is 1. The number of hydrogen-bond acceptors (Lipinski definition) is 3. The number of aromatic nitrogens is 3. The highest BCUT2D eigenvalue weighted by atomic mass is 35.5. The normalized spacial score (nSPS) is 19.6. The fourth-order valence-electron chi connectivity index (χ4n) is 3.01. The van der Waals surface area contributed by atoms with Crippen LogP contribution in [0.5, 0.6) is 0 Å². The standard InChI is InChI=1S/C15H21ClN4/c1-15(4-7-19(2)8-5-15)11-20-13-3-6-17-10-12(13)18-14(20)9-16/h3,6,10H,4-5,7-9,11H2,1-2H3. The molecule has 0 N–H and O–H groups in total. The lowest BCUT2D eigenvalue weighted by atomic mass is 9.80. The van der Waals surface area contributed by atoms with E-state index in [1.807, 2.05) is 18.5 Å². The smallest absolute Gasteiger partial charge is 0.124 e. The van der Waals surface area contributed by atoms with E-state index in [0.717, 1.165) is 23.4 Å². The largest absolute Gasteiger partial charge is 0.326 e. The number of alkyl halides is 1. The monoisotopic (exact) mass is 292 g/mol. The third kappa shape index (κ3) is 2.54. The van der Waals surface area contributed by atoms with Crippen LogP contribution < -0.4 is 0 Å². The number of nitrogens with zero attached hydrogens (tertiary/aromatic N) is 4. The summed E-state index contributed by atoms with van der Waals surface area (Å²) in [6, 6.07) is 2.04. The van der Waals surface area contributed by atoms with E-state index in [9.17, 15) is 0 Å². The molecule has 0 spiro atoms. The second-order valence-corrected chi connectivity index (χ2v) is 6.49. The van der Waals surface area contributed by atoms with Crippen LogP contribution in [0.3, 0.4) is 0 Å². The highest BCUT2D eigenvalue weighted by molar-refractivity contribution is 6.16. The molecule has 108 valence electrons. The Morgan fingerprint density at radius 2 is 2.10 bits per heavy atom. The lowest BCUT2D eigenvalue weighted by Gasteiger charge is -2.38. The van der Waals surface area contributed by atoms with Crippen molar-refractivity contribution in [3.63, 3.8) is 0 Å². The summed E-state index contributed by atoms with van der Waals surface area (Å²) in [5.41, 5.74) is 2.42. The minimum Gasteiger partial charge on any atom is -0.326 e. The predicted octanol–water partition coefficient (Wildman–Crippen LogP) is 2.90. The third-order valence-corrected chi connectivity index (χ3v) is 4.72. The van der Waals surface area contributed by atoms with Gasteiger partial charge < -0.3 is 9.47 Å². The van der Waals surface area contributed by atoms with E-state index >= 15 is 0 Å². The fourth-order valence-corrected chi connectivity index (χ4v) is 3.21. The van der Waals surface area contributed by atoms with Crippen LogP contribution in [-0.2, 0) is 12.4 Å². The number of hydrogen-bond donors (Lipinski definition) is 0. The summed E-state index contributed by atoms with van der Waals surface area (Å²) in [5, 5.41) is 0. The predicted molar refractivity (Wildman–Crippen MR) is 81.9 cm³/mol. The van der Waals surface area contributed by atoms with Gasteiger partial charge in [0.25, 0.3) is 0 Å². The van der Waals surface area contributed by atoms with Crippen molar-refractivity contribution in [3.8, 4) is 0 Å². The lowest BCUT2D eigenvalue weighted by Crippen LogP contribution is -2.38. The van der Waals surface area contributed by atoms with Gasteiger partial charge in [-0.25, -0.2) is 4.98 Å². The summed E-state index contributed by atoms with van der Waals surface area (Å²) in [6.45, 7) is 5.70. The molecule has 0 bridgehead atoms. The van der Waals surface area contributed by atoms with Gasteiger partial charge in [0.05, 0.1) is 17.6 Å². The number of rotatable bonds is 3. The van der Waals surface area contributed by atoms with Gasteiger partial charge in [0.15, 0.2) is 0 Å². The molecule has 20 heavy (non-hydrogen) atoms. The van der Waals surface area contributed by atoms with Gasteiger partial charge in [-0.15, -0.1) is 11.6 Å². The second kappa shape index (κ2) is 5.34. The summed E-state index contributed by atoms with van der Waals surface area (Å²) in [5.74, 6) is 1.40. The molecule has 0 saturated carbocycles. The zero-order valence-electron chi connectivity index (χ0n) is 12.1. The van der Waals surface area contributed by atoms with E-state index < -0.39 is 0 Å². The zero-order valence-corrected chi connectivity index (χ0v) is 12.9. The minimum atomic E-state index is 0.324. The van der Waals surface area contributed by atoms with E-state index in [0.29, 0.717) is 11.3 Å². The average molecular weight is 293 g/mol. The molecular weight excluding hydrogens is 272 g/mol. The number of imidazole rings is 1. The molecule has 0 atom stereocenters. The van der Waals surface area contributed by atoms with Crippen molar-refractivity contribution in [2.45, 2.75) is 32.2 Å². The molecule has 1 aliphatic heterocycles. The summed E-state index contributed by atoms with van der Waals surface area (Å²) < 4.78 is 2.29. The van der Waals surface area contributed by atoms with Crippen molar-refractivity contribution < 1.29 is 0 Å². The Bertz CT molecular complexity index is 599. The first kappa shape index (κ1) is 13.8. The summed E-state index contributed by atoms with van der Waals surface area (Å²) in [6.07, 6.45) is 6.08. The summed E-state index contributed by atoms with van der Waals surface area (Å²) in [7, 11) is 2.20. The fraction of sp³-hybridized carbons (Fsp3) is 0.600. The Labute approximate surface area is 124 Å². The van der Waals surface area contributed by atoms with Crippen LogP contribution in [0, 0.1) is 5.41 Å². The highest BCUT2D eigenvalue weighted by Crippen LogP contribution is 2.34. The van der Waals surface area contributed by atoms with E-state index in [1.54, 1.807) is 0 Å². The lowest BCUT2D eigenvalue weighted by molar-refractivity contribution is 0.121. The molecule has 3 rings (SSSR count). The van der Waals surface area contributed by atoms with Crippen LogP contribution in [0.25, 0.3) is 11.0 Å². The van der Waals surface area contributed by atoms with Gasteiger partial charge in [-0.2, -0.15) is 0 Å². The molecule has 1 fully saturated rings. The number of halogens is 1. The van der Waals surface area contributed by atoms with Crippen molar-refractivity contribution >= 4 is 22.6 Å². The molecule has 3 heterocycles. The maximum Gasteiger partial charge on any atom is 0.124 e. The molecular formula is C15H21ClN4. The van der Waals surface area contributed by atoms with Gasteiger partial charge in [0.1, 0.15) is 11.3 Å². The Hall–Kier alpha value is -1.13. The molecule has 0 radical (unpaired) electrons. The molecule has 2 aromatic rings. The van der Waals surface area contributed by atoms with E-state index in [-0.39, 0.29) is 0 Å². The first-order valence-corrected chi connectivity index (χ1v) is 7.68. The Kier molecular flexibility index (Phi) is 3.69. The zero-order chi connectivity index (χ0) is 14.2. The quantitative estimate of drug-likeness (QED) is 0.816. The van der Waals surface area contributed by atoms with Crippen LogP contribution in [0.2, 0.25) is 0 Å². The van der Waals surface area contributed by atoms with Crippen LogP contribution in [0.1, 0.15) is 25.6 Å². The van der Waals surface area contributed by atoms with Crippen LogP contribution in [0.4, 0.5) is 0 Å². The van der Waals surface area contributed by atoms with Crippen molar-refractivity contribution in [1.29, 1.82) is 0 Å². The molecule has 2 aromatic heterocycles. The van der Waals surface area contributed by atoms with Crippen molar-refractivity contribution in [1.82, 2.24) is 19.4 Å². The topological polar surface area (TPSA) is 34.0 Å². The molecule has 4 nitrogen and oxygen atoms in total. The van der Waals surface area contributed by atoms with Gasteiger partial charge in [0.2, 0.25) is 0 Å². The maximum atomic E-state index is 6.08. The molecule has 0 amide bonds. The van der Waals surface area contributed by atoms with E-state index in [4.69, 9.17) is 11.6 Å². The van der Waals surface area contributed by atoms with Crippen LogP contribution in [-0.4, -0.2) is 39.6 Å². The van der Waals surface area contributed by atoms with Gasteiger partial charge in [0, 0.05) is 12.7 Å². The molecule has 5 heteroatoms. The van der Waals surface area contributed by atoms with Crippen molar-refractivity contribution in [2.24, 2.45) is 5.41 Å². The molecule has 1 aliphatic rings. The average Bonchev–Trinajstić information content (AvgIpc) is 2.80. The number of pyridine rings is 1. The Morgan fingerprint density at radius 3 is 2.80 bits per heavy atom. The summed E-state index contributed by atoms with van der Waals surface area (Å²) in [4.78, 5) is 11.2. The summed E-state index contributed by atoms with van der Waals surface area (Å²) >= 11 is 6.08.